The van der Waals surface area contributed by atoms with Gasteiger partial charge in [0.15, 0.2) is 0 Å². The lowest BCUT2D eigenvalue weighted by atomic mass is 10.1. The zero-order chi connectivity index (χ0) is 7.19. The van der Waals surface area contributed by atoms with Crippen molar-refractivity contribution in [3.63, 3.8) is 0 Å². The molecular weight excluding hydrogens is 195 g/mol. The maximum atomic E-state index is 3.44. The SMILES string of the molecule is CN(C)CC12CNCC1C2.Cl.Cl. The van der Waals surface area contributed by atoms with Crippen LogP contribution in [0.5, 0.6) is 0 Å². The summed E-state index contributed by atoms with van der Waals surface area (Å²) in [5, 5.41) is 3.44. The van der Waals surface area contributed by atoms with Crippen molar-refractivity contribution in [3.05, 3.63) is 0 Å². The first-order valence-electron chi connectivity index (χ1n) is 4.08. The Morgan fingerprint density at radius 1 is 1.42 bits per heavy atom. The summed E-state index contributed by atoms with van der Waals surface area (Å²) in [6.45, 7) is 3.81. The minimum atomic E-state index is 0. The molecule has 2 aliphatic rings. The Balaban J connectivity index is 0.000000605. The van der Waals surface area contributed by atoms with Crippen LogP contribution in [0.2, 0.25) is 0 Å². The van der Waals surface area contributed by atoms with Crippen LogP contribution in [-0.4, -0.2) is 38.6 Å². The van der Waals surface area contributed by atoms with Gasteiger partial charge in [0.05, 0.1) is 0 Å². The van der Waals surface area contributed by atoms with E-state index in [1.807, 2.05) is 0 Å². The van der Waals surface area contributed by atoms with E-state index < -0.39 is 0 Å². The fourth-order valence-corrected chi connectivity index (χ4v) is 2.31. The second-order valence-electron chi connectivity index (χ2n) is 4.13. The van der Waals surface area contributed by atoms with Crippen LogP contribution >= 0.6 is 24.8 Å². The number of rotatable bonds is 2. The average molecular weight is 213 g/mol. The van der Waals surface area contributed by atoms with Gasteiger partial charge in [-0.25, -0.2) is 0 Å². The molecular formula is C8H18Cl2N2. The maximum Gasteiger partial charge on any atom is 0.00473 e. The molecule has 0 spiro atoms. The normalized spacial score (nSPS) is 36.8. The Bertz CT molecular complexity index is 152. The standard InChI is InChI=1S/C8H16N2.2ClH/c1-10(2)6-8-3-7(8)4-9-5-8;;/h7,9H,3-6H2,1-2H3;2*1H. The minimum Gasteiger partial charge on any atom is -0.316 e. The highest BCUT2D eigenvalue weighted by Crippen LogP contribution is 2.54. The van der Waals surface area contributed by atoms with Crippen LogP contribution in [0.1, 0.15) is 6.42 Å². The van der Waals surface area contributed by atoms with Gasteiger partial charge >= 0.3 is 0 Å². The van der Waals surface area contributed by atoms with Gasteiger partial charge in [-0.1, -0.05) is 0 Å². The molecule has 2 nitrogen and oxygen atoms in total. The number of hydrogen-bond acceptors (Lipinski definition) is 2. The number of piperidine rings is 1. The molecule has 0 aromatic carbocycles. The first-order valence-corrected chi connectivity index (χ1v) is 4.08. The van der Waals surface area contributed by atoms with E-state index >= 15 is 0 Å². The summed E-state index contributed by atoms with van der Waals surface area (Å²) in [5.74, 6) is 1.01. The zero-order valence-corrected chi connectivity index (χ0v) is 9.30. The van der Waals surface area contributed by atoms with Crippen LogP contribution in [0.3, 0.4) is 0 Å². The third-order valence-electron chi connectivity index (χ3n) is 2.86. The van der Waals surface area contributed by atoms with Crippen LogP contribution in [0, 0.1) is 11.3 Å². The number of nitrogens with one attached hydrogen (secondary N) is 1. The highest BCUT2D eigenvalue weighted by atomic mass is 35.5. The van der Waals surface area contributed by atoms with Crippen molar-refractivity contribution in [1.29, 1.82) is 0 Å². The van der Waals surface area contributed by atoms with E-state index in [1.54, 1.807) is 0 Å². The summed E-state index contributed by atoms with van der Waals surface area (Å²) in [7, 11) is 4.34. The van der Waals surface area contributed by atoms with E-state index in [0.717, 1.165) is 5.92 Å². The number of fused-ring (bicyclic) bond motifs is 1. The lowest BCUT2D eigenvalue weighted by Crippen LogP contribution is -2.27. The Labute approximate surface area is 86.9 Å². The monoisotopic (exact) mass is 212 g/mol. The molecule has 1 aliphatic carbocycles. The van der Waals surface area contributed by atoms with Crippen LogP contribution in [0.15, 0.2) is 0 Å². The molecule has 4 heteroatoms. The second-order valence-corrected chi connectivity index (χ2v) is 4.13. The number of hydrogen-bond donors (Lipinski definition) is 1. The highest BCUT2D eigenvalue weighted by molar-refractivity contribution is 5.85. The van der Waals surface area contributed by atoms with Gasteiger partial charge in [0.2, 0.25) is 0 Å². The van der Waals surface area contributed by atoms with Gasteiger partial charge in [-0.15, -0.1) is 24.8 Å². The molecule has 1 N–H and O–H groups in total. The van der Waals surface area contributed by atoms with Crippen molar-refractivity contribution in [3.8, 4) is 0 Å². The summed E-state index contributed by atoms with van der Waals surface area (Å²) in [4.78, 5) is 2.31. The summed E-state index contributed by atoms with van der Waals surface area (Å²) in [6, 6.07) is 0. The summed E-state index contributed by atoms with van der Waals surface area (Å²) < 4.78 is 0. The van der Waals surface area contributed by atoms with Crippen molar-refractivity contribution in [2.75, 3.05) is 33.7 Å². The third kappa shape index (κ3) is 2.05. The quantitative estimate of drug-likeness (QED) is 0.736. The number of nitrogens with zero attached hydrogens (tertiary/aromatic N) is 1. The van der Waals surface area contributed by atoms with E-state index in [1.165, 1.54) is 26.1 Å². The van der Waals surface area contributed by atoms with Crippen molar-refractivity contribution < 1.29 is 0 Å². The zero-order valence-electron chi connectivity index (χ0n) is 7.67. The molecule has 2 unspecified atom stereocenters. The van der Waals surface area contributed by atoms with Gasteiger partial charge in [-0.2, -0.15) is 0 Å². The van der Waals surface area contributed by atoms with E-state index in [9.17, 15) is 0 Å². The molecule has 1 heterocycles. The van der Waals surface area contributed by atoms with Crippen LogP contribution < -0.4 is 5.32 Å². The molecule has 1 saturated heterocycles. The van der Waals surface area contributed by atoms with Crippen LogP contribution in [0.25, 0.3) is 0 Å². The summed E-state index contributed by atoms with van der Waals surface area (Å²) >= 11 is 0. The van der Waals surface area contributed by atoms with E-state index in [2.05, 4.69) is 24.3 Å². The smallest absolute Gasteiger partial charge is 0.00473 e. The molecule has 1 saturated carbocycles. The Kier molecular flexibility index (Phi) is 4.31. The summed E-state index contributed by atoms with van der Waals surface area (Å²) in [6.07, 6.45) is 1.47. The molecule has 12 heavy (non-hydrogen) atoms. The molecule has 2 fully saturated rings. The predicted molar refractivity (Wildman–Crippen MR) is 56.5 cm³/mol. The van der Waals surface area contributed by atoms with Crippen molar-refractivity contribution in [1.82, 2.24) is 10.2 Å². The molecule has 74 valence electrons. The van der Waals surface area contributed by atoms with E-state index in [4.69, 9.17) is 0 Å². The molecule has 0 radical (unpaired) electrons. The largest absolute Gasteiger partial charge is 0.316 e. The molecule has 0 aromatic heterocycles. The lowest BCUT2D eigenvalue weighted by molar-refractivity contribution is 0.311. The van der Waals surface area contributed by atoms with Crippen molar-refractivity contribution >= 4 is 24.8 Å². The Morgan fingerprint density at radius 3 is 2.42 bits per heavy atom. The first-order chi connectivity index (χ1) is 4.73. The predicted octanol–water partition coefficient (Wildman–Crippen LogP) is 1.00. The molecule has 2 rings (SSSR count). The van der Waals surface area contributed by atoms with Gasteiger partial charge in [0, 0.05) is 13.1 Å². The van der Waals surface area contributed by atoms with Crippen molar-refractivity contribution in [2.24, 2.45) is 11.3 Å². The second kappa shape index (κ2) is 4.14. The lowest BCUT2D eigenvalue weighted by Gasteiger charge is -2.17. The van der Waals surface area contributed by atoms with Crippen LogP contribution in [-0.2, 0) is 0 Å². The molecule has 0 aromatic rings. The molecule has 1 aliphatic heterocycles. The van der Waals surface area contributed by atoms with Gasteiger partial charge in [-0.05, 0) is 38.4 Å². The molecule has 0 amide bonds. The fraction of sp³-hybridized carbons (Fsp3) is 1.00. The third-order valence-corrected chi connectivity index (χ3v) is 2.86. The Morgan fingerprint density at radius 2 is 2.08 bits per heavy atom. The maximum absolute atomic E-state index is 3.44. The van der Waals surface area contributed by atoms with Gasteiger partial charge < -0.3 is 10.2 Å². The van der Waals surface area contributed by atoms with E-state index in [0.29, 0.717) is 5.41 Å². The van der Waals surface area contributed by atoms with Gasteiger partial charge in [-0.3, -0.25) is 0 Å². The first kappa shape index (κ1) is 12.5. The van der Waals surface area contributed by atoms with E-state index in [-0.39, 0.29) is 24.8 Å². The number of halogens is 2. The van der Waals surface area contributed by atoms with Crippen LogP contribution in [0.4, 0.5) is 0 Å². The minimum absolute atomic E-state index is 0. The average Bonchev–Trinajstić information content (AvgIpc) is 2.33. The van der Waals surface area contributed by atoms with Gasteiger partial charge in [0.1, 0.15) is 0 Å². The highest BCUT2D eigenvalue weighted by Gasteiger charge is 2.56. The van der Waals surface area contributed by atoms with Gasteiger partial charge in [0.25, 0.3) is 0 Å². The topological polar surface area (TPSA) is 15.3 Å². The summed E-state index contributed by atoms with van der Waals surface area (Å²) in [5.41, 5.74) is 0.698. The fourth-order valence-electron chi connectivity index (χ4n) is 2.31. The van der Waals surface area contributed by atoms with Crippen molar-refractivity contribution in [2.45, 2.75) is 6.42 Å². The Hall–Kier alpha value is 0.500. The molecule has 2 atom stereocenters. The molecule has 0 bridgehead atoms.